The minimum absolute atomic E-state index is 0.196. The summed E-state index contributed by atoms with van der Waals surface area (Å²) in [6.07, 6.45) is 2.97. The molecule has 1 aromatic carbocycles. The number of hydrogen-bond acceptors (Lipinski definition) is 7. The molecular weight excluding hydrogens is 262 g/mol. The number of aromatic nitrogens is 2. The lowest BCUT2D eigenvalue weighted by Gasteiger charge is -2.14. The summed E-state index contributed by atoms with van der Waals surface area (Å²) >= 11 is 0. The van der Waals surface area contributed by atoms with Gasteiger partial charge in [0.2, 0.25) is 5.75 Å². The highest BCUT2D eigenvalue weighted by atomic mass is 16.5. The summed E-state index contributed by atoms with van der Waals surface area (Å²) in [5.41, 5.74) is 5.68. The molecule has 0 bridgehead atoms. The first kappa shape index (κ1) is 13.7. The molecule has 0 aliphatic rings. The third-order valence-electron chi connectivity index (χ3n) is 2.54. The van der Waals surface area contributed by atoms with Crippen LogP contribution in [0.5, 0.6) is 28.9 Å². The molecule has 2 aromatic rings. The van der Waals surface area contributed by atoms with Crippen LogP contribution in [0.2, 0.25) is 0 Å². The molecule has 0 amide bonds. The topological polar surface area (TPSA) is 88.7 Å². The lowest BCUT2D eigenvalue weighted by atomic mass is 10.2. The molecule has 0 unspecified atom stereocenters. The SMILES string of the molecule is COc1cc(Oc2nccnc2N)cc(OC)c1OC. The molecule has 1 aromatic heterocycles. The number of nitrogen functional groups attached to an aromatic ring is 1. The van der Waals surface area contributed by atoms with Crippen LogP contribution >= 0.6 is 0 Å². The summed E-state index contributed by atoms with van der Waals surface area (Å²) < 4.78 is 21.3. The maximum atomic E-state index is 5.68. The quantitative estimate of drug-likeness (QED) is 0.892. The smallest absolute Gasteiger partial charge is 0.262 e. The second-order valence-corrected chi connectivity index (χ2v) is 3.71. The van der Waals surface area contributed by atoms with Crippen molar-refractivity contribution in [3.8, 4) is 28.9 Å². The van der Waals surface area contributed by atoms with Gasteiger partial charge in [0, 0.05) is 24.5 Å². The van der Waals surface area contributed by atoms with E-state index in [1.54, 1.807) is 12.1 Å². The third-order valence-corrected chi connectivity index (χ3v) is 2.54. The highest BCUT2D eigenvalue weighted by Crippen LogP contribution is 2.41. The Balaban J connectivity index is 2.40. The second-order valence-electron chi connectivity index (χ2n) is 3.71. The molecule has 0 spiro atoms. The van der Waals surface area contributed by atoms with Crippen molar-refractivity contribution in [1.82, 2.24) is 9.97 Å². The van der Waals surface area contributed by atoms with E-state index in [0.29, 0.717) is 23.0 Å². The van der Waals surface area contributed by atoms with Crippen molar-refractivity contribution < 1.29 is 18.9 Å². The number of hydrogen-bond donors (Lipinski definition) is 1. The lowest BCUT2D eigenvalue weighted by Crippen LogP contribution is -1.99. The van der Waals surface area contributed by atoms with Gasteiger partial charge in [-0.25, -0.2) is 9.97 Å². The van der Waals surface area contributed by atoms with E-state index in [0.717, 1.165) is 0 Å². The van der Waals surface area contributed by atoms with Crippen LogP contribution in [0.15, 0.2) is 24.5 Å². The fraction of sp³-hybridized carbons (Fsp3) is 0.231. The van der Waals surface area contributed by atoms with E-state index in [2.05, 4.69) is 9.97 Å². The maximum absolute atomic E-state index is 5.68. The number of methoxy groups -OCH3 is 3. The number of nitrogens with two attached hydrogens (primary N) is 1. The normalized spacial score (nSPS) is 9.95. The first-order chi connectivity index (χ1) is 9.69. The molecule has 0 radical (unpaired) electrons. The van der Waals surface area contributed by atoms with Crippen molar-refractivity contribution in [2.75, 3.05) is 27.1 Å². The van der Waals surface area contributed by atoms with Gasteiger partial charge in [-0.1, -0.05) is 0 Å². The van der Waals surface area contributed by atoms with E-state index in [1.165, 1.54) is 33.7 Å². The molecule has 0 fully saturated rings. The molecule has 2 rings (SSSR count). The first-order valence-corrected chi connectivity index (χ1v) is 5.74. The van der Waals surface area contributed by atoms with E-state index in [1.807, 2.05) is 0 Å². The molecule has 20 heavy (non-hydrogen) atoms. The molecule has 0 saturated carbocycles. The highest BCUT2D eigenvalue weighted by molar-refractivity contribution is 5.57. The maximum Gasteiger partial charge on any atom is 0.262 e. The van der Waals surface area contributed by atoms with Crippen LogP contribution in [-0.2, 0) is 0 Å². The van der Waals surface area contributed by atoms with Gasteiger partial charge >= 0.3 is 0 Å². The summed E-state index contributed by atoms with van der Waals surface area (Å²) in [5.74, 6) is 2.29. The summed E-state index contributed by atoms with van der Waals surface area (Å²) in [5, 5.41) is 0. The van der Waals surface area contributed by atoms with Gasteiger partial charge in [0.15, 0.2) is 17.3 Å². The fourth-order valence-corrected chi connectivity index (χ4v) is 1.64. The van der Waals surface area contributed by atoms with E-state index in [-0.39, 0.29) is 11.7 Å². The van der Waals surface area contributed by atoms with Crippen molar-refractivity contribution >= 4 is 5.82 Å². The van der Waals surface area contributed by atoms with Gasteiger partial charge < -0.3 is 24.7 Å². The third kappa shape index (κ3) is 2.66. The Morgan fingerprint density at radius 1 is 0.900 bits per heavy atom. The second kappa shape index (κ2) is 5.96. The average molecular weight is 277 g/mol. The predicted octanol–water partition coefficient (Wildman–Crippen LogP) is 1.88. The molecule has 0 aliphatic heterocycles. The van der Waals surface area contributed by atoms with Crippen molar-refractivity contribution in [1.29, 1.82) is 0 Å². The van der Waals surface area contributed by atoms with Crippen LogP contribution in [0, 0.1) is 0 Å². The van der Waals surface area contributed by atoms with Crippen LogP contribution < -0.4 is 24.7 Å². The van der Waals surface area contributed by atoms with E-state index >= 15 is 0 Å². The zero-order valence-electron chi connectivity index (χ0n) is 11.4. The summed E-state index contributed by atoms with van der Waals surface area (Å²) in [6, 6.07) is 3.30. The highest BCUT2D eigenvalue weighted by Gasteiger charge is 2.15. The number of benzene rings is 1. The number of anilines is 1. The molecule has 0 saturated heterocycles. The first-order valence-electron chi connectivity index (χ1n) is 5.74. The largest absolute Gasteiger partial charge is 0.493 e. The fourth-order valence-electron chi connectivity index (χ4n) is 1.64. The van der Waals surface area contributed by atoms with Crippen molar-refractivity contribution in [3.05, 3.63) is 24.5 Å². The predicted molar refractivity (Wildman–Crippen MR) is 72.6 cm³/mol. The minimum atomic E-state index is 0.196. The molecule has 0 atom stereocenters. The van der Waals surface area contributed by atoms with Gasteiger partial charge in [0.1, 0.15) is 5.75 Å². The van der Waals surface area contributed by atoms with Crippen molar-refractivity contribution in [2.24, 2.45) is 0 Å². The lowest BCUT2D eigenvalue weighted by molar-refractivity contribution is 0.320. The van der Waals surface area contributed by atoms with Crippen molar-refractivity contribution in [2.45, 2.75) is 0 Å². The van der Waals surface area contributed by atoms with Crippen LogP contribution in [-0.4, -0.2) is 31.3 Å². The molecule has 7 nitrogen and oxygen atoms in total. The number of ether oxygens (including phenoxy) is 4. The molecular formula is C13H15N3O4. The van der Waals surface area contributed by atoms with Crippen LogP contribution in [0.25, 0.3) is 0 Å². The number of rotatable bonds is 5. The summed E-state index contributed by atoms with van der Waals surface area (Å²) in [6.45, 7) is 0. The van der Waals surface area contributed by atoms with Crippen molar-refractivity contribution in [3.63, 3.8) is 0 Å². The van der Waals surface area contributed by atoms with Crippen LogP contribution in [0.1, 0.15) is 0 Å². The van der Waals surface area contributed by atoms with Crippen LogP contribution in [0.4, 0.5) is 5.82 Å². The van der Waals surface area contributed by atoms with E-state index in [9.17, 15) is 0 Å². The molecule has 0 aliphatic carbocycles. The molecule has 2 N–H and O–H groups in total. The Labute approximate surface area is 116 Å². The Bertz CT molecular complexity index is 579. The molecule has 1 heterocycles. The summed E-state index contributed by atoms with van der Waals surface area (Å²) in [7, 11) is 4.58. The van der Waals surface area contributed by atoms with E-state index in [4.69, 9.17) is 24.7 Å². The summed E-state index contributed by atoms with van der Waals surface area (Å²) in [4.78, 5) is 7.90. The Kier molecular flexibility index (Phi) is 4.09. The Hall–Kier alpha value is -2.70. The zero-order valence-corrected chi connectivity index (χ0v) is 11.4. The van der Waals surface area contributed by atoms with Gasteiger partial charge in [0.25, 0.3) is 5.88 Å². The van der Waals surface area contributed by atoms with Gasteiger partial charge in [-0.05, 0) is 0 Å². The number of nitrogens with zero attached hydrogens (tertiary/aromatic N) is 2. The van der Waals surface area contributed by atoms with Gasteiger partial charge in [-0.3, -0.25) is 0 Å². The molecule has 7 heteroatoms. The van der Waals surface area contributed by atoms with Gasteiger partial charge in [0.05, 0.1) is 21.3 Å². The Morgan fingerprint density at radius 2 is 1.50 bits per heavy atom. The van der Waals surface area contributed by atoms with Crippen LogP contribution in [0.3, 0.4) is 0 Å². The Morgan fingerprint density at radius 3 is 2.00 bits per heavy atom. The zero-order chi connectivity index (χ0) is 14.5. The standard InChI is InChI=1S/C13H15N3O4/c1-17-9-6-8(7-10(18-2)11(9)19-3)20-13-12(14)15-4-5-16-13/h4-7H,1-3H3,(H2,14,15). The molecule has 106 valence electrons. The van der Waals surface area contributed by atoms with Gasteiger partial charge in [-0.2, -0.15) is 0 Å². The average Bonchev–Trinajstić information content (AvgIpc) is 2.48. The minimum Gasteiger partial charge on any atom is -0.493 e. The monoisotopic (exact) mass is 277 g/mol. The van der Waals surface area contributed by atoms with Gasteiger partial charge in [-0.15, -0.1) is 0 Å². The van der Waals surface area contributed by atoms with E-state index < -0.39 is 0 Å².